The standard InChI is InChI=1S/C19H25NO2/c1-22-12-15-5-2-4-14(10-15)11-17(21)20-13-19(8-3-9-19)18(20)16-6-7-16/h2,4-5,10,16,18H,3,6-9,11-13H2,1H3/t18-/m0/s1. The van der Waals surface area contributed by atoms with Gasteiger partial charge in [-0.1, -0.05) is 30.7 Å². The maximum Gasteiger partial charge on any atom is 0.227 e. The molecule has 0 aromatic heterocycles. The third-order valence-corrected chi connectivity index (χ3v) is 5.84. The molecule has 0 radical (unpaired) electrons. The molecule has 1 spiro atoms. The van der Waals surface area contributed by atoms with Crippen LogP contribution < -0.4 is 0 Å². The average molecular weight is 299 g/mol. The van der Waals surface area contributed by atoms with Gasteiger partial charge in [0.05, 0.1) is 13.0 Å². The van der Waals surface area contributed by atoms with E-state index in [1.54, 1.807) is 7.11 Å². The molecule has 1 saturated heterocycles. The molecule has 1 amide bonds. The molecule has 0 N–H and O–H groups in total. The van der Waals surface area contributed by atoms with E-state index in [0.717, 1.165) is 23.6 Å². The number of methoxy groups -OCH3 is 1. The second-order valence-electron chi connectivity index (χ2n) is 7.45. The Hall–Kier alpha value is -1.35. The lowest BCUT2D eigenvalue weighted by Crippen LogP contribution is -2.70. The Balaban J connectivity index is 1.43. The van der Waals surface area contributed by atoms with E-state index in [0.29, 0.717) is 30.4 Å². The predicted octanol–water partition coefficient (Wildman–Crippen LogP) is 3.17. The van der Waals surface area contributed by atoms with Crippen LogP contribution in [0.5, 0.6) is 0 Å². The number of ether oxygens (including phenoxy) is 1. The van der Waals surface area contributed by atoms with Crippen LogP contribution in [-0.2, 0) is 22.6 Å². The van der Waals surface area contributed by atoms with E-state index in [-0.39, 0.29) is 0 Å². The molecule has 3 nitrogen and oxygen atoms in total. The van der Waals surface area contributed by atoms with Crippen LogP contribution in [0.3, 0.4) is 0 Å². The first-order chi connectivity index (χ1) is 10.7. The lowest BCUT2D eigenvalue weighted by molar-refractivity contribution is -0.170. The average Bonchev–Trinajstić information content (AvgIpc) is 3.21. The van der Waals surface area contributed by atoms with Crippen molar-refractivity contribution in [3.63, 3.8) is 0 Å². The summed E-state index contributed by atoms with van der Waals surface area (Å²) < 4.78 is 5.18. The molecule has 22 heavy (non-hydrogen) atoms. The smallest absolute Gasteiger partial charge is 0.227 e. The normalized spacial score (nSPS) is 25.7. The predicted molar refractivity (Wildman–Crippen MR) is 85.4 cm³/mol. The maximum atomic E-state index is 12.7. The summed E-state index contributed by atoms with van der Waals surface area (Å²) in [7, 11) is 1.70. The summed E-state index contributed by atoms with van der Waals surface area (Å²) in [5, 5.41) is 0. The number of carbonyl (C=O) groups is 1. The summed E-state index contributed by atoms with van der Waals surface area (Å²) in [5.74, 6) is 1.13. The first kappa shape index (κ1) is 14.3. The molecule has 0 unspecified atom stereocenters. The van der Waals surface area contributed by atoms with E-state index in [1.165, 1.54) is 32.1 Å². The molecule has 0 bridgehead atoms. The van der Waals surface area contributed by atoms with Crippen LogP contribution in [0.4, 0.5) is 0 Å². The lowest BCUT2D eigenvalue weighted by atomic mass is 9.56. The van der Waals surface area contributed by atoms with Crippen LogP contribution in [0, 0.1) is 11.3 Å². The van der Waals surface area contributed by atoms with Crippen LogP contribution in [0.25, 0.3) is 0 Å². The van der Waals surface area contributed by atoms with Gasteiger partial charge < -0.3 is 9.64 Å². The van der Waals surface area contributed by atoms with E-state index < -0.39 is 0 Å². The molecule has 118 valence electrons. The first-order valence-electron chi connectivity index (χ1n) is 8.58. The monoisotopic (exact) mass is 299 g/mol. The van der Waals surface area contributed by atoms with Gasteiger partial charge in [-0.2, -0.15) is 0 Å². The molecule has 3 heteroatoms. The van der Waals surface area contributed by atoms with Gasteiger partial charge in [-0.3, -0.25) is 4.79 Å². The Bertz CT molecular complexity index is 575. The van der Waals surface area contributed by atoms with Crippen molar-refractivity contribution in [1.82, 2.24) is 4.90 Å². The largest absolute Gasteiger partial charge is 0.380 e. The van der Waals surface area contributed by atoms with Gasteiger partial charge >= 0.3 is 0 Å². The molecule has 3 fully saturated rings. The Morgan fingerprint density at radius 1 is 1.32 bits per heavy atom. The van der Waals surface area contributed by atoms with Crippen molar-refractivity contribution in [3.8, 4) is 0 Å². The number of hydrogen-bond acceptors (Lipinski definition) is 2. The van der Waals surface area contributed by atoms with Crippen LogP contribution in [0.2, 0.25) is 0 Å². The summed E-state index contributed by atoms with van der Waals surface area (Å²) in [6.45, 7) is 1.63. The van der Waals surface area contributed by atoms with Crippen molar-refractivity contribution in [1.29, 1.82) is 0 Å². The highest BCUT2D eigenvalue weighted by Crippen LogP contribution is 2.59. The van der Waals surface area contributed by atoms with Gasteiger partial charge in [-0.15, -0.1) is 0 Å². The van der Waals surface area contributed by atoms with Crippen LogP contribution in [0.1, 0.15) is 43.2 Å². The second kappa shape index (κ2) is 5.38. The summed E-state index contributed by atoms with van der Waals surface area (Å²) in [6.07, 6.45) is 7.27. The van der Waals surface area contributed by atoms with E-state index in [1.807, 2.05) is 6.07 Å². The lowest BCUT2D eigenvalue weighted by Gasteiger charge is -2.63. The zero-order valence-electron chi connectivity index (χ0n) is 13.4. The van der Waals surface area contributed by atoms with Gasteiger partial charge in [0.15, 0.2) is 0 Å². The molecule has 1 aromatic rings. The highest BCUT2D eigenvalue weighted by molar-refractivity contribution is 5.80. The molecule has 1 atom stereocenters. The number of amides is 1. The minimum Gasteiger partial charge on any atom is -0.380 e. The summed E-state index contributed by atoms with van der Waals surface area (Å²) >= 11 is 0. The Morgan fingerprint density at radius 3 is 2.73 bits per heavy atom. The molecular formula is C19H25NO2. The van der Waals surface area contributed by atoms with Gasteiger partial charge in [0, 0.05) is 25.1 Å². The zero-order valence-corrected chi connectivity index (χ0v) is 13.4. The zero-order chi connectivity index (χ0) is 15.2. The fourth-order valence-corrected chi connectivity index (χ4v) is 4.52. The van der Waals surface area contributed by atoms with Gasteiger partial charge in [0.2, 0.25) is 5.91 Å². The van der Waals surface area contributed by atoms with Crippen molar-refractivity contribution < 1.29 is 9.53 Å². The Labute approximate surface area is 132 Å². The fraction of sp³-hybridized carbons (Fsp3) is 0.632. The number of hydrogen-bond donors (Lipinski definition) is 0. The maximum absolute atomic E-state index is 12.7. The van der Waals surface area contributed by atoms with Crippen molar-refractivity contribution in [3.05, 3.63) is 35.4 Å². The van der Waals surface area contributed by atoms with Gasteiger partial charge in [-0.05, 0) is 42.7 Å². The second-order valence-corrected chi connectivity index (χ2v) is 7.45. The van der Waals surface area contributed by atoms with Crippen molar-refractivity contribution in [2.75, 3.05) is 13.7 Å². The van der Waals surface area contributed by atoms with E-state index >= 15 is 0 Å². The topological polar surface area (TPSA) is 29.5 Å². The molecule has 1 aliphatic heterocycles. The number of nitrogens with zero attached hydrogens (tertiary/aromatic N) is 1. The quantitative estimate of drug-likeness (QED) is 0.836. The van der Waals surface area contributed by atoms with Crippen molar-refractivity contribution in [2.45, 2.75) is 51.2 Å². The minimum atomic E-state index is 0.323. The minimum absolute atomic E-state index is 0.323. The van der Waals surface area contributed by atoms with Gasteiger partial charge in [0.1, 0.15) is 0 Å². The van der Waals surface area contributed by atoms with Crippen LogP contribution in [-0.4, -0.2) is 30.5 Å². The molecular weight excluding hydrogens is 274 g/mol. The number of rotatable bonds is 5. The van der Waals surface area contributed by atoms with Gasteiger partial charge in [-0.25, -0.2) is 0 Å². The summed E-state index contributed by atoms with van der Waals surface area (Å²) in [4.78, 5) is 14.9. The molecule has 1 heterocycles. The highest BCUT2D eigenvalue weighted by Gasteiger charge is 2.61. The third-order valence-electron chi connectivity index (χ3n) is 5.84. The van der Waals surface area contributed by atoms with Crippen molar-refractivity contribution in [2.24, 2.45) is 11.3 Å². The van der Waals surface area contributed by atoms with Crippen LogP contribution in [0.15, 0.2) is 24.3 Å². The highest BCUT2D eigenvalue weighted by atomic mass is 16.5. The Morgan fingerprint density at radius 2 is 2.09 bits per heavy atom. The first-order valence-corrected chi connectivity index (χ1v) is 8.58. The Kier molecular flexibility index (Phi) is 3.48. The van der Waals surface area contributed by atoms with Crippen molar-refractivity contribution >= 4 is 5.91 Å². The van der Waals surface area contributed by atoms with Crippen LogP contribution >= 0.6 is 0 Å². The van der Waals surface area contributed by atoms with Gasteiger partial charge in [0.25, 0.3) is 0 Å². The molecule has 2 aliphatic carbocycles. The summed E-state index contributed by atoms with van der Waals surface area (Å²) in [5.41, 5.74) is 2.78. The molecule has 2 saturated carbocycles. The SMILES string of the molecule is COCc1cccc(CC(=O)N2CC3(CCC3)[C@@H]2C2CC2)c1. The number of carbonyl (C=O) groups excluding carboxylic acids is 1. The molecule has 1 aromatic carbocycles. The molecule has 3 aliphatic rings. The van der Waals surface area contributed by atoms with E-state index in [9.17, 15) is 4.79 Å². The molecule has 4 rings (SSSR count). The van der Waals surface area contributed by atoms with E-state index in [4.69, 9.17) is 4.74 Å². The summed E-state index contributed by atoms with van der Waals surface area (Å²) in [6, 6.07) is 8.81. The number of benzene rings is 1. The third kappa shape index (κ3) is 2.36. The fourth-order valence-electron chi connectivity index (χ4n) is 4.52. The van der Waals surface area contributed by atoms with E-state index in [2.05, 4.69) is 23.1 Å². The number of likely N-dealkylation sites (tertiary alicyclic amines) is 1.